The molecule has 0 aliphatic rings. The predicted octanol–water partition coefficient (Wildman–Crippen LogP) is 3.81. The van der Waals surface area contributed by atoms with Crippen molar-refractivity contribution in [3.05, 3.63) is 29.8 Å². The van der Waals surface area contributed by atoms with Crippen LogP contribution in [0.3, 0.4) is 0 Å². The summed E-state index contributed by atoms with van der Waals surface area (Å²) in [5.74, 6) is 0.290. The zero-order chi connectivity index (χ0) is 12.0. The zero-order valence-corrected chi connectivity index (χ0v) is 10.6. The van der Waals surface area contributed by atoms with Gasteiger partial charge in [-0.3, -0.25) is 0 Å². The quantitative estimate of drug-likeness (QED) is 0.479. The molecule has 0 amide bonds. The van der Waals surface area contributed by atoms with E-state index in [1.54, 1.807) is 0 Å². The highest BCUT2D eigenvalue weighted by Crippen LogP contribution is 2.25. The van der Waals surface area contributed by atoms with Crippen molar-refractivity contribution >= 4 is 28.6 Å². The molecule has 0 aromatic heterocycles. The molecule has 1 unspecified atom stereocenters. The first-order chi connectivity index (χ1) is 7.63. The van der Waals surface area contributed by atoms with Crippen LogP contribution in [0.2, 0.25) is 0 Å². The van der Waals surface area contributed by atoms with Gasteiger partial charge in [-0.05, 0) is 30.0 Å². The number of carboxylic acid groups (broad SMARTS) is 1. The average Bonchev–Trinajstić information content (AvgIpc) is 2.28. The maximum Gasteiger partial charge on any atom is 0.505 e. The molecule has 1 atom stereocenters. The summed E-state index contributed by atoms with van der Waals surface area (Å²) in [7, 11) is 1.40. The van der Waals surface area contributed by atoms with Gasteiger partial charge in [0.2, 0.25) is 0 Å². The summed E-state index contributed by atoms with van der Waals surface area (Å²) in [6, 6.07) is 8.07. The molecule has 1 aromatic carbocycles. The predicted molar refractivity (Wildman–Crippen MR) is 68.3 cm³/mol. The highest BCUT2D eigenvalue weighted by Gasteiger charge is 2.06. The Morgan fingerprint density at radius 3 is 2.62 bits per heavy atom. The van der Waals surface area contributed by atoms with Crippen molar-refractivity contribution in [3.63, 3.8) is 0 Å². The van der Waals surface area contributed by atoms with Gasteiger partial charge < -0.3 is 9.84 Å². The summed E-state index contributed by atoms with van der Waals surface area (Å²) in [6.45, 7) is 2.29. The Morgan fingerprint density at radius 1 is 1.50 bits per heavy atom. The van der Waals surface area contributed by atoms with Gasteiger partial charge in [-0.25, -0.2) is 4.79 Å². The number of hydrogen-bond donors (Lipinski definition) is 2. The van der Waals surface area contributed by atoms with Gasteiger partial charge in [-0.15, -0.1) is 11.7 Å². The van der Waals surface area contributed by atoms with Crippen LogP contribution in [0, 0.1) is 0 Å². The average molecular weight is 258 g/mol. The van der Waals surface area contributed by atoms with Gasteiger partial charge in [-0.2, -0.15) is 0 Å². The molecule has 0 fully saturated rings. The third kappa shape index (κ3) is 4.37. The number of carbonyl (C=O) groups is 1. The van der Waals surface area contributed by atoms with Crippen LogP contribution in [-0.2, 0) is 4.74 Å². The highest BCUT2D eigenvalue weighted by atomic mass is 33.1. The van der Waals surface area contributed by atoms with E-state index < -0.39 is 6.16 Å². The summed E-state index contributed by atoms with van der Waals surface area (Å²) in [5, 5.41) is 8.33. The Hall–Kier alpha value is -0.810. The van der Waals surface area contributed by atoms with Crippen molar-refractivity contribution in [2.45, 2.75) is 24.2 Å². The van der Waals surface area contributed by atoms with Crippen molar-refractivity contribution in [2.24, 2.45) is 0 Å². The smallest absolute Gasteiger partial charge is 0.450 e. The molecule has 0 aliphatic carbocycles. The summed E-state index contributed by atoms with van der Waals surface area (Å²) >= 11 is 4.11. The lowest BCUT2D eigenvalue weighted by atomic mass is 9.98. The van der Waals surface area contributed by atoms with Gasteiger partial charge in [0.1, 0.15) is 0 Å². The molecule has 16 heavy (non-hydrogen) atoms. The second-order valence-electron chi connectivity index (χ2n) is 3.46. The molecule has 0 saturated heterocycles. The van der Waals surface area contributed by atoms with E-state index in [0.29, 0.717) is 12.3 Å². The van der Waals surface area contributed by atoms with E-state index in [4.69, 9.17) is 5.11 Å². The molecule has 0 heterocycles. The summed E-state index contributed by atoms with van der Waals surface area (Å²) in [6.07, 6.45) is -0.520. The standard InChI is InChI=1S/C11H14O3S2/c1-8(6-7-14-11(12)13)9-2-4-10(16-15)5-3-9/h2-5,8,15H,6-7H2,1H3,(H,12,13). The van der Waals surface area contributed by atoms with Crippen molar-refractivity contribution in [1.29, 1.82) is 0 Å². The molecule has 0 bridgehead atoms. The molecule has 1 rings (SSSR count). The SMILES string of the molecule is CC(CCOC(=O)O)c1ccc(SS)cc1. The molecule has 1 aromatic rings. The second-order valence-corrected chi connectivity index (χ2v) is 4.67. The molecule has 0 radical (unpaired) electrons. The van der Waals surface area contributed by atoms with Gasteiger partial charge in [0.05, 0.1) is 6.61 Å². The van der Waals surface area contributed by atoms with E-state index in [9.17, 15) is 4.79 Å². The zero-order valence-electron chi connectivity index (χ0n) is 8.92. The molecule has 88 valence electrons. The minimum atomic E-state index is -1.21. The molecular formula is C11H14O3S2. The van der Waals surface area contributed by atoms with Gasteiger partial charge in [-0.1, -0.05) is 29.9 Å². The molecule has 0 spiro atoms. The van der Waals surface area contributed by atoms with E-state index in [-0.39, 0.29) is 6.61 Å². The topological polar surface area (TPSA) is 46.5 Å². The fourth-order valence-corrected chi connectivity index (χ4v) is 1.97. The molecule has 0 aliphatic heterocycles. The van der Waals surface area contributed by atoms with Crippen LogP contribution in [0.4, 0.5) is 4.79 Å². The first kappa shape index (κ1) is 13.3. The van der Waals surface area contributed by atoms with Crippen LogP contribution >= 0.6 is 22.5 Å². The number of ether oxygens (including phenoxy) is 1. The van der Waals surface area contributed by atoms with Crippen molar-refractivity contribution in [2.75, 3.05) is 6.61 Å². The van der Waals surface area contributed by atoms with E-state index in [0.717, 1.165) is 4.90 Å². The van der Waals surface area contributed by atoms with Crippen LogP contribution in [0.1, 0.15) is 24.8 Å². The summed E-state index contributed by atoms with van der Waals surface area (Å²) < 4.78 is 4.48. The maximum atomic E-state index is 10.2. The number of benzene rings is 1. The normalized spacial score (nSPS) is 12.1. The third-order valence-electron chi connectivity index (χ3n) is 2.33. The van der Waals surface area contributed by atoms with Crippen LogP contribution in [-0.4, -0.2) is 17.9 Å². The molecule has 5 heteroatoms. The van der Waals surface area contributed by atoms with Crippen LogP contribution in [0.5, 0.6) is 0 Å². The number of hydrogen-bond acceptors (Lipinski definition) is 4. The lowest BCUT2D eigenvalue weighted by molar-refractivity contribution is 0.0892. The van der Waals surface area contributed by atoms with Gasteiger partial charge >= 0.3 is 6.16 Å². The minimum Gasteiger partial charge on any atom is -0.450 e. The molecule has 0 saturated carbocycles. The molecular weight excluding hydrogens is 244 g/mol. The van der Waals surface area contributed by atoms with Crippen molar-refractivity contribution in [3.8, 4) is 0 Å². The Labute approximate surface area is 104 Å². The van der Waals surface area contributed by atoms with E-state index in [1.165, 1.54) is 16.4 Å². The Kier molecular flexibility index (Phi) is 5.55. The lowest BCUT2D eigenvalue weighted by Gasteiger charge is -2.11. The fraction of sp³-hybridized carbons (Fsp3) is 0.364. The lowest BCUT2D eigenvalue weighted by Crippen LogP contribution is -2.05. The Morgan fingerprint density at radius 2 is 2.12 bits per heavy atom. The van der Waals surface area contributed by atoms with Crippen molar-refractivity contribution in [1.82, 2.24) is 0 Å². The van der Waals surface area contributed by atoms with Gasteiger partial charge in [0.25, 0.3) is 0 Å². The fourth-order valence-electron chi connectivity index (χ4n) is 1.35. The van der Waals surface area contributed by atoms with Crippen LogP contribution in [0.15, 0.2) is 29.2 Å². The number of thiol groups is 1. The van der Waals surface area contributed by atoms with Crippen LogP contribution in [0.25, 0.3) is 0 Å². The minimum absolute atomic E-state index is 0.236. The first-order valence-electron chi connectivity index (χ1n) is 4.90. The van der Waals surface area contributed by atoms with Gasteiger partial charge in [0, 0.05) is 4.90 Å². The highest BCUT2D eigenvalue weighted by molar-refractivity contribution is 8.68. The van der Waals surface area contributed by atoms with E-state index in [1.807, 2.05) is 31.2 Å². The number of rotatable bonds is 5. The Bertz CT molecular complexity index is 338. The summed E-state index contributed by atoms with van der Waals surface area (Å²) in [5.41, 5.74) is 1.18. The Balaban J connectivity index is 2.45. The molecule has 3 nitrogen and oxygen atoms in total. The third-order valence-corrected chi connectivity index (χ3v) is 3.45. The van der Waals surface area contributed by atoms with E-state index in [2.05, 4.69) is 16.4 Å². The maximum absolute atomic E-state index is 10.2. The second kappa shape index (κ2) is 6.70. The van der Waals surface area contributed by atoms with Crippen LogP contribution < -0.4 is 0 Å². The largest absolute Gasteiger partial charge is 0.505 e. The molecule has 1 N–H and O–H groups in total. The monoisotopic (exact) mass is 258 g/mol. The van der Waals surface area contributed by atoms with E-state index >= 15 is 0 Å². The summed E-state index contributed by atoms with van der Waals surface area (Å²) in [4.78, 5) is 11.3. The first-order valence-corrected chi connectivity index (χ1v) is 6.77. The van der Waals surface area contributed by atoms with Crippen molar-refractivity contribution < 1.29 is 14.6 Å². The van der Waals surface area contributed by atoms with Gasteiger partial charge in [0.15, 0.2) is 0 Å².